The molecule has 2 radical (unpaired) electrons. The largest absolute Gasteiger partial charge is 2.00 e. The van der Waals surface area contributed by atoms with Crippen LogP contribution in [0.25, 0.3) is 46.1 Å². The first kappa shape index (κ1) is 82.7. The zero-order chi connectivity index (χ0) is 56.5. The normalized spacial score (nSPS) is 9.56. The van der Waals surface area contributed by atoms with Crippen molar-refractivity contribution in [3.63, 3.8) is 0 Å². The van der Waals surface area contributed by atoms with Crippen LogP contribution in [0.15, 0.2) is 97.6 Å². The minimum Gasteiger partial charge on any atom is -0.543 e. The number of ketones is 2. The Bertz CT molecular complexity index is 2550. The molecule has 0 bridgehead atoms. The van der Waals surface area contributed by atoms with Gasteiger partial charge in [-0.25, -0.2) is 19.9 Å². The Balaban J connectivity index is -0.000000329. The maximum atomic E-state index is 9.75. The van der Waals surface area contributed by atoms with Gasteiger partial charge in [-0.2, -0.15) is 20.4 Å². The number of Topliss-reactive ketones (excluding diaryl/α,β-unsaturated/α-hetero) is 2. The van der Waals surface area contributed by atoms with Gasteiger partial charge in [0.2, 0.25) is 0 Å². The summed E-state index contributed by atoms with van der Waals surface area (Å²) in [6.45, 7) is 6.11. The molecule has 8 aromatic heterocycles. The van der Waals surface area contributed by atoms with Gasteiger partial charge in [0, 0.05) is 50.5 Å². The first-order valence-corrected chi connectivity index (χ1v) is 22.3. The van der Waals surface area contributed by atoms with Crippen LogP contribution in [0.5, 0.6) is 0 Å². The van der Waals surface area contributed by atoms with Crippen molar-refractivity contribution in [2.45, 2.75) is 79.1 Å². The number of hydrogen-bond donors (Lipinski definition) is 4. The summed E-state index contributed by atoms with van der Waals surface area (Å²) in [4.78, 5) is 71.7. The molecule has 0 atom stereocenters. The fourth-order valence-electron chi connectivity index (χ4n) is 5.24. The number of carbonyl (C=O) groups is 4. The second-order valence-electron chi connectivity index (χ2n) is 15.1. The van der Waals surface area contributed by atoms with Crippen molar-refractivity contribution < 1.29 is 119 Å². The number of hydrogen-bond acceptors (Lipinski definition) is 18. The van der Waals surface area contributed by atoms with Crippen LogP contribution in [0.3, 0.4) is 0 Å². The third-order valence-corrected chi connectivity index (χ3v) is 8.02. The molecule has 0 aliphatic rings. The van der Waals surface area contributed by atoms with Crippen LogP contribution < -0.4 is 10.2 Å². The van der Waals surface area contributed by atoms with Gasteiger partial charge in [-0.05, 0) is 102 Å². The number of aromatic amines is 4. The summed E-state index contributed by atoms with van der Waals surface area (Å²) in [6.07, 6.45) is 14.2. The van der Waals surface area contributed by atoms with Crippen molar-refractivity contribution in [3.8, 4) is 46.1 Å². The molecule has 38 heteroatoms. The minimum absolute atomic E-state index is 0. The maximum Gasteiger partial charge on any atom is 2.00 e. The third-order valence-electron chi connectivity index (χ3n) is 8.02. The van der Waals surface area contributed by atoms with E-state index in [-0.39, 0.29) is 67.0 Å². The van der Waals surface area contributed by atoms with Crippen molar-refractivity contribution >= 4 is 38.0 Å². The van der Waals surface area contributed by atoms with E-state index in [1.165, 1.54) is 27.7 Å². The number of carboxylic acid groups (broad SMARTS) is 2. The number of halogens is 8. The molecule has 0 aliphatic carbocycles. The zero-order valence-corrected chi connectivity index (χ0v) is 45.6. The predicted octanol–water partition coefficient (Wildman–Crippen LogP) is 2.20. The first-order valence-electron chi connectivity index (χ1n) is 22.3. The zero-order valence-electron chi connectivity index (χ0n) is 43.6. The van der Waals surface area contributed by atoms with Gasteiger partial charge in [-0.3, -0.25) is 40.3 Å². The minimum atomic E-state index is -6.00. The van der Waals surface area contributed by atoms with Crippen molar-refractivity contribution in [2.75, 3.05) is 0 Å². The van der Waals surface area contributed by atoms with E-state index in [4.69, 9.17) is 19.8 Å². The number of pyridine rings is 4. The molecular formula is C44H56B2Co2F8N16O10. The first-order chi connectivity index (χ1) is 35.9. The fourth-order valence-corrected chi connectivity index (χ4v) is 5.24. The molecule has 0 saturated carbocycles. The van der Waals surface area contributed by atoms with Crippen molar-refractivity contribution in [1.82, 2.24) is 80.7 Å². The van der Waals surface area contributed by atoms with Gasteiger partial charge >= 0.3 is 48.1 Å². The standard InChI is InChI=1S/2C18H18N8.2C3H6O.C2H2O4.2BF4.2Co.4H2O/c2*1(9-15-21-17(25-23-15)13-7-3-5-11-19-13)2-10-16-22-18(26-24-16)14-8-4-6-12-20-14;2*1-3(2)4;3-1(4)2(5)6;2*2-1(3,4)5;;;;;;/h2*3-8,11-12H,1-2,9-10H2,(H,21,23,25)(H,22,24,26);2*1-2H3;(H,3,4)(H,5,6);;;;;4*1H2/q;;;;;2*-1;2*+2;;;;/p-2. The molecule has 26 nitrogen and oxygen atoms in total. The van der Waals surface area contributed by atoms with E-state index in [9.17, 15) is 44.1 Å². The number of aromatic nitrogens is 16. The van der Waals surface area contributed by atoms with Crippen LogP contribution in [-0.4, -0.2) is 141 Å². The summed E-state index contributed by atoms with van der Waals surface area (Å²) in [5, 5.41) is 46.7. The molecule has 8 rings (SSSR count). The Morgan fingerprint density at radius 3 is 0.695 bits per heavy atom. The molecule has 8 aromatic rings. The van der Waals surface area contributed by atoms with E-state index < -0.39 is 26.4 Å². The fraction of sp³-hybridized carbons (Fsp3) is 0.273. The smallest absolute Gasteiger partial charge is 0.543 e. The molecule has 0 unspecified atom stereocenters. The molecule has 0 amide bonds. The molecular weight excluding hydrogens is 1200 g/mol. The summed E-state index contributed by atoms with van der Waals surface area (Å²) in [5.41, 5.74) is 3.11. The van der Waals surface area contributed by atoms with Crippen LogP contribution in [0.1, 0.15) is 76.7 Å². The molecule has 0 fully saturated rings. The van der Waals surface area contributed by atoms with E-state index in [1.54, 1.807) is 24.8 Å². The van der Waals surface area contributed by atoms with Gasteiger partial charge in [-0.15, -0.1) is 0 Å². The average molecular weight is 1260 g/mol. The third kappa shape index (κ3) is 41.0. The van der Waals surface area contributed by atoms with Gasteiger partial charge in [0.15, 0.2) is 23.3 Å². The number of nitrogens with one attached hydrogen (secondary N) is 4. The molecule has 12 N–H and O–H groups in total. The van der Waals surface area contributed by atoms with Crippen molar-refractivity contribution in [3.05, 3.63) is 121 Å². The second-order valence-corrected chi connectivity index (χ2v) is 15.1. The van der Waals surface area contributed by atoms with Gasteiger partial charge in [0.25, 0.3) is 0 Å². The number of H-pyrrole nitrogens is 4. The Kier molecular flexibility index (Phi) is 45.0. The van der Waals surface area contributed by atoms with Gasteiger partial charge < -0.3 is 85.8 Å². The summed E-state index contributed by atoms with van der Waals surface area (Å²) >= 11 is 0. The van der Waals surface area contributed by atoms with Crippen LogP contribution >= 0.6 is 0 Å². The van der Waals surface area contributed by atoms with Crippen LogP contribution in [-0.2, 0) is 78.4 Å². The summed E-state index contributed by atoms with van der Waals surface area (Å²) in [7, 11) is -12.0. The van der Waals surface area contributed by atoms with E-state index in [0.29, 0.717) is 23.3 Å². The number of aliphatic carboxylic acids is 2. The molecule has 0 spiro atoms. The molecule has 0 saturated heterocycles. The van der Waals surface area contributed by atoms with Crippen LogP contribution in [0.2, 0.25) is 0 Å². The second kappa shape index (κ2) is 44.6. The molecule has 0 aromatic carbocycles. The topological polar surface area (TPSA) is 458 Å². The van der Waals surface area contributed by atoms with Gasteiger partial charge in [0.05, 0.1) is 11.9 Å². The van der Waals surface area contributed by atoms with E-state index in [2.05, 4.69) is 80.7 Å². The molecule has 0 aliphatic heterocycles. The van der Waals surface area contributed by atoms with E-state index in [1.807, 2.05) is 72.8 Å². The number of carbonyl (C=O) groups excluding carboxylic acids is 4. The van der Waals surface area contributed by atoms with Crippen molar-refractivity contribution in [1.29, 1.82) is 0 Å². The number of nitrogens with zero attached hydrogens (tertiary/aromatic N) is 12. The SMILES string of the molecule is CC(C)=O.CC(C)=O.F[B-](F)(F)F.F[B-](F)(F)F.O.O.O.O.O=C([O-])C(=O)[O-].[Co+2].[Co+2].c1ccc(-c2n[nH]c(CCCCc3nc(-c4ccccn4)n[nH]3)n2)nc1.c1ccc(-c2n[nH]c(CCCCc3nc(-c4ccccn4)n[nH]3)n2)nc1. The van der Waals surface area contributed by atoms with E-state index >= 15 is 0 Å². The quantitative estimate of drug-likeness (QED) is 0.0524. The Hall–Kier alpha value is -8.14. The number of aryl methyl sites for hydroxylation is 4. The van der Waals surface area contributed by atoms with E-state index in [0.717, 1.165) is 97.4 Å². The van der Waals surface area contributed by atoms with Crippen molar-refractivity contribution in [2.24, 2.45) is 0 Å². The Morgan fingerprint density at radius 2 is 0.561 bits per heavy atom. The maximum absolute atomic E-state index is 9.75. The summed E-state index contributed by atoms with van der Waals surface area (Å²) in [6, 6.07) is 22.8. The number of unbranched alkanes of at least 4 members (excludes halogenated alkanes) is 2. The van der Waals surface area contributed by atoms with Gasteiger partial charge in [0.1, 0.15) is 57.6 Å². The van der Waals surface area contributed by atoms with Crippen LogP contribution in [0.4, 0.5) is 34.5 Å². The Morgan fingerprint density at radius 1 is 0.390 bits per heavy atom. The monoisotopic (exact) mass is 1260 g/mol. The molecule has 452 valence electrons. The summed E-state index contributed by atoms with van der Waals surface area (Å²) < 4.78 is 78.0. The molecule has 82 heavy (non-hydrogen) atoms. The predicted molar refractivity (Wildman–Crippen MR) is 269 cm³/mol. The summed E-state index contributed by atoms with van der Waals surface area (Å²) in [5.74, 6) is 1.99. The average Bonchev–Trinajstić information content (AvgIpc) is 4.21. The number of rotatable bonds is 14. The van der Waals surface area contributed by atoms with Gasteiger partial charge in [-0.1, -0.05) is 24.3 Å². The molecule has 8 heterocycles. The Labute approximate surface area is 482 Å². The van der Waals surface area contributed by atoms with Crippen LogP contribution in [0, 0.1) is 0 Å². The number of carboxylic acids is 2.